The summed E-state index contributed by atoms with van der Waals surface area (Å²) in [6, 6.07) is 6.24. The van der Waals surface area contributed by atoms with Crippen molar-refractivity contribution in [2.45, 2.75) is 20.4 Å². The summed E-state index contributed by atoms with van der Waals surface area (Å²) < 4.78 is 40.2. The van der Waals surface area contributed by atoms with Crippen LogP contribution in [-0.4, -0.2) is 33.2 Å². The molecule has 9 heteroatoms. The Morgan fingerprint density at radius 2 is 2.08 bits per heavy atom. The number of aryl methyl sites for hydroxylation is 1. The van der Waals surface area contributed by atoms with Crippen molar-refractivity contribution in [2.75, 3.05) is 23.6 Å². The van der Waals surface area contributed by atoms with Gasteiger partial charge in [-0.1, -0.05) is 6.07 Å². The summed E-state index contributed by atoms with van der Waals surface area (Å²) in [5.74, 6) is -0.0562. The Labute approximate surface area is 157 Å². The molecule has 0 bridgehead atoms. The van der Waals surface area contributed by atoms with Crippen molar-refractivity contribution in [1.82, 2.24) is 10.6 Å². The van der Waals surface area contributed by atoms with Gasteiger partial charge in [0.15, 0.2) is 5.96 Å². The summed E-state index contributed by atoms with van der Waals surface area (Å²) in [6.07, 6.45) is 0. The first-order chi connectivity index (χ1) is 12.4. The Balaban J connectivity index is 1.88. The second kappa shape index (κ2) is 9.54. The lowest BCUT2D eigenvalue weighted by atomic mass is 10.2. The van der Waals surface area contributed by atoms with Crippen molar-refractivity contribution < 1.29 is 12.8 Å². The molecule has 3 N–H and O–H groups in total. The van der Waals surface area contributed by atoms with E-state index in [9.17, 15) is 12.8 Å². The number of thiophene rings is 1. The van der Waals surface area contributed by atoms with Crippen LogP contribution in [0.5, 0.6) is 0 Å². The van der Waals surface area contributed by atoms with Crippen LogP contribution < -0.4 is 15.4 Å². The van der Waals surface area contributed by atoms with Gasteiger partial charge in [0, 0.05) is 13.1 Å². The lowest BCUT2D eigenvalue weighted by Gasteiger charge is -2.12. The van der Waals surface area contributed by atoms with Crippen molar-refractivity contribution in [3.05, 3.63) is 52.0 Å². The normalized spacial score (nSPS) is 12.0. The predicted molar refractivity (Wildman–Crippen MR) is 106 cm³/mol. The third kappa shape index (κ3) is 6.64. The van der Waals surface area contributed by atoms with Crippen LogP contribution in [0.15, 0.2) is 40.0 Å². The van der Waals surface area contributed by atoms with Gasteiger partial charge >= 0.3 is 0 Å². The van der Waals surface area contributed by atoms with E-state index in [4.69, 9.17) is 0 Å². The molecule has 2 aromatic rings. The first kappa shape index (κ1) is 20.2. The summed E-state index contributed by atoms with van der Waals surface area (Å²) in [5, 5.41) is 10.1. The molecule has 26 heavy (non-hydrogen) atoms. The number of hydrogen-bond acceptors (Lipinski definition) is 4. The molecule has 0 spiro atoms. The fourth-order valence-corrected chi connectivity index (χ4v) is 3.70. The molecule has 1 heterocycles. The zero-order valence-corrected chi connectivity index (χ0v) is 16.4. The standard InChI is InChI=1S/C17H23FN4O2S2/c1-3-19-17(21-11-14-6-8-25-12-14)20-7-9-26(23,24)22-15-5-4-13(2)16(18)10-15/h4-6,8,10,12,22H,3,7,9,11H2,1-2H3,(H2,19,20,21). The number of benzene rings is 1. The number of sulfonamides is 1. The highest BCUT2D eigenvalue weighted by Crippen LogP contribution is 2.14. The summed E-state index contributed by atoms with van der Waals surface area (Å²) in [4.78, 5) is 4.42. The lowest BCUT2D eigenvalue weighted by Crippen LogP contribution is -2.40. The van der Waals surface area contributed by atoms with Crippen molar-refractivity contribution in [3.63, 3.8) is 0 Å². The summed E-state index contributed by atoms with van der Waals surface area (Å²) in [7, 11) is -3.59. The van der Waals surface area contributed by atoms with Gasteiger partial charge in [0.05, 0.1) is 18.0 Å². The average Bonchev–Trinajstić information content (AvgIpc) is 3.09. The van der Waals surface area contributed by atoms with E-state index >= 15 is 0 Å². The molecular weight excluding hydrogens is 375 g/mol. The Bertz CT molecular complexity index is 836. The lowest BCUT2D eigenvalue weighted by molar-refractivity contribution is 0.599. The molecule has 0 saturated carbocycles. The number of guanidine groups is 1. The maximum Gasteiger partial charge on any atom is 0.234 e. The maximum atomic E-state index is 13.5. The molecule has 0 fully saturated rings. The average molecular weight is 399 g/mol. The van der Waals surface area contributed by atoms with E-state index in [1.54, 1.807) is 18.3 Å². The number of halogens is 1. The SMILES string of the molecule is CCNC(=NCc1ccsc1)NCCS(=O)(=O)Nc1ccc(C)c(F)c1. The van der Waals surface area contributed by atoms with Gasteiger partial charge in [0.1, 0.15) is 5.82 Å². The van der Waals surface area contributed by atoms with Crippen LogP contribution in [0.25, 0.3) is 0 Å². The molecule has 0 aliphatic heterocycles. The molecule has 0 aliphatic carbocycles. The van der Waals surface area contributed by atoms with Crippen molar-refractivity contribution in [1.29, 1.82) is 0 Å². The van der Waals surface area contributed by atoms with E-state index in [0.29, 0.717) is 24.6 Å². The Hall–Kier alpha value is -2.13. The van der Waals surface area contributed by atoms with Gasteiger partial charge < -0.3 is 10.6 Å². The number of nitrogens with one attached hydrogen (secondary N) is 3. The van der Waals surface area contributed by atoms with Gasteiger partial charge in [-0.25, -0.2) is 17.8 Å². The van der Waals surface area contributed by atoms with Gasteiger partial charge in [0.2, 0.25) is 10.0 Å². The van der Waals surface area contributed by atoms with E-state index < -0.39 is 15.8 Å². The van der Waals surface area contributed by atoms with Crippen LogP contribution in [0.3, 0.4) is 0 Å². The topological polar surface area (TPSA) is 82.6 Å². The number of hydrogen-bond donors (Lipinski definition) is 3. The molecule has 0 saturated heterocycles. The minimum Gasteiger partial charge on any atom is -0.357 e. The fourth-order valence-electron chi connectivity index (χ4n) is 2.09. The molecule has 0 aliphatic rings. The number of aliphatic imine (C=N–C) groups is 1. The monoisotopic (exact) mass is 398 g/mol. The van der Waals surface area contributed by atoms with Crippen LogP contribution in [0.4, 0.5) is 10.1 Å². The van der Waals surface area contributed by atoms with Gasteiger partial charge in [-0.05, 0) is 53.9 Å². The highest BCUT2D eigenvalue weighted by molar-refractivity contribution is 7.92. The number of nitrogens with zero attached hydrogens (tertiary/aromatic N) is 1. The van der Waals surface area contributed by atoms with Crippen LogP contribution in [0.1, 0.15) is 18.1 Å². The molecule has 0 unspecified atom stereocenters. The molecule has 0 amide bonds. The molecule has 0 atom stereocenters. The second-order valence-corrected chi connectivity index (χ2v) is 8.26. The van der Waals surface area contributed by atoms with Crippen molar-refractivity contribution in [2.24, 2.45) is 4.99 Å². The maximum absolute atomic E-state index is 13.5. The summed E-state index contributed by atoms with van der Waals surface area (Å²) in [5.41, 5.74) is 1.78. The highest BCUT2D eigenvalue weighted by Gasteiger charge is 2.12. The van der Waals surface area contributed by atoms with E-state index in [0.717, 1.165) is 5.56 Å². The van der Waals surface area contributed by atoms with Crippen LogP contribution in [0.2, 0.25) is 0 Å². The van der Waals surface area contributed by atoms with Crippen LogP contribution in [0, 0.1) is 12.7 Å². The molecule has 142 valence electrons. The van der Waals surface area contributed by atoms with Gasteiger partial charge in [-0.3, -0.25) is 4.72 Å². The molecule has 6 nitrogen and oxygen atoms in total. The second-order valence-electron chi connectivity index (χ2n) is 5.64. The largest absolute Gasteiger partial charge is 0.357 e. The van der Waals surface area contributed by atoms with E-state index in [1.165, 1.54) is 18.2 Å². The van der Waals surface area contributed by atoms with Gasteiger partial charge in [-0.15, -0.1) is 0 Å². The third-order valence-corrected chi connectivity index (χ3v) is 5.47. The van der Waals surface area contributed by atoms with Crippen molar-refractivity contribution >= 4 is 33.0 Å². The van der Waals surface area contributed by atoms with Crippen LogP contribution >= 0.6 is 11.3 Å². The third-order valence-electron chi connectivity index (χ3n) is 3.45. The zero-order chi connectivity index (χ0) is 19.0. The first-order valence-electron chi connectivity index (χ1n) is 8.19. The van der Waals surface area contributed by atoms with Crippen LogP contribution in [-0.2, 0) is 16.6 Å². The summed E-state index contributed by atoms with van der Waals surface area (Å²) in [6.45, 7) is 4.93. The minimum atomic E-state index is -3.59. The Kier molecular flexibility index (Phi) is 7.40. The molecule has 1 aromatic heterocycles. The fraction of sp³-hybridized carbons (Fsp3) is 0.353. The van der Waals surface area contributed by atoms with E-state index in [2.05, 4.69) is 20.3 Å². The highest BCUT2D eigenvalue weighted by atomic mass is 32.2. The Morgan fingerprint density at radius 3 is 2.73 bits per heavy atom. The summed E-state index contributed by atoms with van der Waals surface area (Å²) >= 11 is 1.60. The predicted octanol–water partition coefficient (Wildman–Crippen LogP) is 2.69. The zero-order valence-electron chi connectivity index (χ0n) is 14.8. The molecule has 1 aromatic carbocycles. The smallest absolute Gasteiger partial charge is 0.234 e. The first-order valence-corrected chi connectivity index (χ1v) is 10.8. The minimum absolute atomic E-state index is 0.161. The molecule has 2 rings (SSSR count). The van der Waals surface area contributed by atoms with Crippen molar-refractivity contribution in [3.8, 4) is 0 Å². The molecular formula is C17H23FN4O2S2. The van der Waals surface area contributed by atoms with Gasteiger partial charge in [0.25, 0.3) is 0 Å². The van der Waals surface area contributed by atoms with E-state index in [-0.39, 0.29) is 18.0 Å². The number of rotatable bonds is 8. The number of anilines is 1. The quantitative estimate of drug-likeness (QED) is 0.472. The van der Waals surface area contributed by atoms with Gasteiger partial charge in [-0.2, -0.15) is 11.3 Å². The molecule has 0 radical (unpaired) electrons. The van der Waals surface area contributed by atoms with E-state index in [1.807, 2.05) is 23.8 Å². The Morgan fingerprint density at radius 1 is 1.27 bits per heavy atom.